The van der Waals surface area contributed by atoms with E-state index in [1.54, 1.807) is 0 Å². The lowest BCUT2D eigenvalue weighted by Gasteiger charge is -2.40. The lowest BCUT2D eigenvalue weighted by molar-refractivity contribution is -0.227. The molecule has 1 amide bonds. The molecule has 0 bridgehead atoms. The van der Waals surface area contributed by atoms with Gasteiger partial charge in [0, 0.05) is 20.8 Å². The van der Waals surface area contributed by atoms with Gasteiger partial charge in [0.15, 0.2) is 29.7 Å². The molecule has 1 aromatic heterocycles. The Bertz CT molecular complexity index is 1230. The zero-order valence-electron chi connectivity index (χ0n) is 21.4. The smallest absolute Gasteiger partial charge is 0.303 e. The van der Waals surface area contributed by atoms with E-state index in [9.17, 15) is 19.2 Å². The highest BCUT2D eigenvalue weighted by atomic mass is 32.2. The van der Waals surface area contributed by atoms with Crippen molar-refractivity contribution in [2.24, 2.45) is 0 Å². The molecule has 0 spiro atoms. The van der Waals surface area contributed by atoms with Crippen LogP contribution in [0.3, 0.4) is 0 Å². The number of amides is 1. The molecule has 0 aliphatic carbocycles. The first-order valence-electron chi connectivity index (χ1n) is 11.5. The highest BCUT2D eigenvalue weighted by Gasteiger charge is 2.47. The van der Waals surface area contributed by atoms with Crippen molar-refractivity contribution in [2.45, 2.75) is 57.4 Å². The minimum Gasteiger partial charge on any atom is -0.456 e. The summed E-state index contributed by atoms with van der Waals surface area (Å²) in [5, 5.41) is 14.7. The lowest BCUT2D eigenvalue weighted by atomic mass is 10.0. The van der Waals surface area contributed by atoms with Gasteiger partial charge in [-0.2, -0.15) is 4.68 Å². The van der Waals surface area contributed by atoms with E-state index in [0.717, 1.165) is 36.9 Å². The van der Waals surface area contributed by atoms with Crippen molar-refractivity contribution >= 4 is 52.9 Å². The van der Waals surface area contributed by atoms with Gasteiger partial charge in [0.05, 0.1) is 18.0 Å². The normalized spacial score (nSPS) is 20.3. The first-order chi connectivity index (χ1) is 18.5. The average molecular weight is 582 g/mol. The minimum absolute atomic E-state index is 0.0452. The Labute approximate surface area is 232 Å². The first kappa shape index (κ1) is 29.7. The van der Waals surface area contributed by atoms with Gasteiger partial charge in [-0.05, 0) is 41.2 Å². The molecule has 15 nitrogen and oxygen atoms in total. The predicted molar refractivity (Wildman–Crippen MR) is 138 cm³/mol. The van der Waals surface area contributed by atoms with Gasteiger partial charge in [0.25, 0.3) is 0 Å². The van der Waals surface area contributed by atoms with Gasteiger partial charge in [-0.25, -0.2) is 0 Å². The topological polar surface area (TPSA) is 185 Å². The molecule has 17 heteroatoms. The summed E-state index contributed by atoms with van der Waals surface area (Å²) >= 11 is 6.32. The quantitative estimate of drug-likeness (QED) is 0.121. The largest absolute Gasteiger partial charge is 0.456 e. The fraction of sp³-hybridized carbons (Fsp3) is 0.455. The summed E-state index contributed by atoms with van der Waals surface area (Å²) in [6, 6.07) is 7.53. The van der Waals surface area contributed by atoms with Crippen molar-refractivity contribution in [3.8, 4) is 5.69 Å². The zero-order valence-corrected chi connectivity index (χ0v) is 23.0. The molecule has 39 heavy (non-hydrogen) atoms. The molecule has 210 valence electrons. The number of aryl methyl sites for hydroxylation is 1. The number of hydrazine groups is 1. The number of esters is 3. The molecular weight excluding hydrogens is 554 g/mol. The Morgan fingerprint density at radius 1 is 1.05 bits per heavy atom. The number of rotatable bonds is 8. The molecule has 0 saturated carbocycles. The maximum Gasteiger partial charge on any atom is 0.303 e. The molecule has 1 saturated heterocycles. The number of hydrogen-bond acceptors (Lipinski definition) is 13. The van der Waals surface area contributed by atoms with Crippen LogP contribution in [-0.2, 0) is 38.1 Å². The number of hydrogen-bond donors (Lipinski definition) is 3. The number of carbonyl (C=O) groups is 4. The first-order valence-corrected chi connectivity index (χ1v) is 12.9. The summed E-state index contributed by atoms with van der Waals surface area (Å²) in [5.41, 5.74) is 6.70. The number of nitrogens with one attached hydrogen (secondary N) is 3. The molecule has 3 N–H and O–H groups in total. The molecule has 2 aromatic rings. The molecule has 1 aliphatic heterocycles. The van der Waals surface area contributed by atoms with Gasteiger partial charge in [-0.3, -0.25) is 30.0 Å². The number of nitrogens with zero attached hydrogens (tertiary/aromatic N) is 4. The molecule has 2 heterocycles. The third kappa shape index (κ3) is 8.59. The van der Waals surface area contributed by atoms with E-state index < -0.39 is 48.4 Å². The SMILES string of the molecule is CC(=O)O[C@@H]1[C@@H](OC(C)=O)[C@H](OC(C)=O)CO[C@H]1NC(=S)NNC(=O)CSc1nnnn1-c1ccccc1C. The molecule has 3 rings (SSSR count). The summed E-state index contributed by atoms with van der Waals surface area (Å²) in [6.07, 6.45) is -4.52. The highest BCUT2D eigenvalue weighted by Crippen LogP contribution is 2.23. The maximum absolute atomic E-state index is 12.4. The third-order valence-corrected chi connectivity index (χ3v) is 6.20. The fourth-order valence-electron chi connectivity index (χ4n) is 3.54. The van der Waals surface area contributed by atoms with Crippen molar-refractivity contribution < 1.29 is 38.1 Å². The number of para-hydroxylation sites is 1. The van der Waals surface area contributed by atoms with Crippen LogP contribution in [0.4, 0.5) is 0 Å². The number of tetrazole rings is 1. The van der Waals surface area contributed by atoms with Crippen LogP contribution in [0.1, 0.15) is 26.3 Å². The number of ether oxygens (including phenoxy) is 4. The van der Waals surface area contributed by atoms with Crippen molar-refractivity contribution in [2.75, 3.05) is 12.4 Å². The van der Waals surface area contributed by atoms with Crippen LogP contribution in [0.25, 0.3) is 5.69 Å². The molecule has 1 aromatic carbocycles. The van der Waals surface area contributed by atoms with Crippen LogP contribution in [-0.4, -0.2) is 86.0 Å². The Balaban J connectivity index is 1.56. The summed E-state index contributed by atoms with van der Waals surface area (Å²) in [7, 11) is 0. The lowest BCUT2D eigenvalue weighted by Crippen LogP contribution is -2.63. The van der Waals surface area contributed by atoms with E-state index in [1.807, 2.05) is 31.2 Å². The molecule has 1 fully saturated rings. The Kier molecular flexibility index (Phi) is 10.5. The van der Waals surface area contributed by atoms with Gasteiger partial charge in [0.2, 0.25) is 11.1 Å². The molecule has 1 aliphatic rings. The van der Waals surface area contributed by atoms with Crippen molar-refractivity contribution in [1.29, 1.82) is 0 Å². The number of thioether (sulfide) groups is 1. The second-order valence-electron chi connectivity index (χ2n) is 8.14. The number of carbonyl (C=O) groups excluding carboxylic acids is 4. The Hall–Kier alpha value is -3.83. The van der Waals surface area contributed by atoms with Gasteiger partial charge < -0.3 is 24.3 Å². The van der Waals surface area contributed by atoms with Crippen LogP contribution in [0, 0.1) is 6.92 Å². The van der Waals surface area contributed by atoms with Crippen molar-refractivity contribution in [1.82, 2.24) is 36.4 Å². The summed E-state index contributed by atoms with van der Waals surface area (Å²) < 4.78 is 22.9. The molecule has 0 radical (unpaired) electrons. The van der Waals surface area contributed by atoms with Crippen LogP contribution in [0.2, 0.25) is 0 Å². The monoisotopic (exact) mass is 581 g/mol. The highest BCUT2D eigenvalue weighted by molar-refractivity contribution is 7.99. The minimum atomic E-state index is -1.23. The van der Waals surface area contributed by atoms with E-state index in [-0.39, 0.29) is 17.5 Å². The third-order valence-electron chi connectivity index (χ3n) is 5.06. The molecule has 0 unspecified atom stereocenters. The Morgan fingerprint density at radius 3 is 2.38 bits per heavy atom. The van der Waals surface area contributed by atoms with Crippen LogP contribution >= 0.6 is 24.0 Å². The van der Waals surface area contributed by atoms with Gasteiger partial charge in [-0.1, -0.05) is 30.0 Å². The van der Waals surface area contributed by atoms with E-state index in [2.05, 4.69) is 31.7 Å². The Morgan fingerprint density at radius 2 is 1.72 bits per heavy atom. The maximum atomic E-state index is 12.4. The van der Waals surface area contributed by atoms with Gasteiger partial charge in [-0.15, -0.1) is 5.10 Å². The summed E-state index contributed by atoms with van der Waals surface area (Å²) in [6.45, 7) is 5.23. The average Bonchev–Trinajstić information content (AvgIpc) is 3.32. The van der Waals surface area contributed by atoms with E-state index in [4.69, 9.17) is 31.2 Å². The number of benzene rings is 1. The van der Waals surface area contributed by atoms with Gasteiger partial charge >= 0.3 is 17.9 Å². The van der Waals surface area contributed by atoms with E-state index in [0.29, 0.717) is 5.16 Å². The second-order valence-corrected chi connectivity index (χ2v) is 9.50. The van der Waals surface area contributed by atoms with Crippen LogP contribution in [0.5, 0.6) is 0 Å². The number of aromatic nitrogens is 4. The molecule has 4 atom stereocenters. The van der Waals surface area contributed by atoms with E-state index >= 15 is 0 Å². The van der Waals surface area contributed by atoms with Crippen molar-refractivity contribution in [3.05, 3.63) is 29.8 Å². The van der Waals surface area contributed by atoms with Crippen LogP contribution in [0.15, 0.2) is 29.4 Å². The standard InChI is InChI=1S/C22H27N7O8S2/c1-11-7-5-6-8-15(11)29-22(26-27-28-29)39-10-17(33)24-25-21(38)23-20-19(37-14(4)32)18(36-13(3)31)16(9-34-20)35-12(2)30/h5-8,16,18-20H,9-10H2,1-4H3,(H,24,33)(H2,23,25,38)/t16-,18+,19-,20-/m1/s1. The predicted octanol–water partition coefficient (Wildman–Crippen LogP) is -0.290. The van der Waals surface area contributed by atoms with Gasteiger partial charge in [0.1, 0.15) is 0 Å². The molecular formula is C22H27N7O8S2. The summed E-state index contributed by atoms with van der Waals surface area (Å²) in [5.74, 6) is -2.52. The zero-order chi connectivity index (χ0) is 28.5. The van der Waals surface area contributed by atoms with Crippen molar-refractivity contribution in [3.63, 3.8) is 0 Å². The van der Waals surface area contributed by atoms with Crippen LogP contribution < -0.4 is 16.2 Å². The second kappa shape index (κ2) is 13.8. The van der Waals surface area contributed by atoms with E-state index in [1.165, 1.54) is 11.6 Å². The fourth-order valence-corrected chi connectivity index (χ4v) is 4.40. The number of thiocarbonyl (C=S) groups is 1. The summed E-state index contributed by atoms with van der Waals surface area (Å²) in [4.78, 5) is 47.3.